The van der Waals surface area contributed by atoms with Crippen LogP contribution in [0.15, 0.2) is 29.2 Å². The molecule has 0 aromatic heterocycles. The molecule has 2 unspecified atom stereocenters. The molecule has 1 aromatic carbocycles. The average Bonchev–Trinajstić information content (AvgIpc) is 2.30. The predicted octanol–water partition coefficient (Wildman–Crippen LogP) is 3.12. The van der Waals surface area contributed by atoms with Crippen molar-refractivity contribution < 1.29 is 0 Å². The first-order valence-corrected chi connectivity index (χ1v) is 6.88. The molecule has 0 bridgehead atoms. The van der Waals surface area contributed by atoms with Gasteiger partial charge in [-0.15, -0.1) is 11.8 Å². The van der Waals surface area contributed by atoms with Gasteiger partial charge in [-0.2, -0.15) is 0 Å². The second-order valence-electron chi connectivity index (χ2n) is 4.35. The van der Waals surface area contributed by atoms with Crippen molar-refractivity contribution in [2.24, 2.45) is 5.92 Å². The molecule has 82 valence electrons. The molecular formula is C13H19NS. The van der Waals surface area contributed by atoms with E-state index >= 15 is 0 Å². The average molecular weight is 221 g/mol. The third-order valence-corrected chi connectivity index (χ3v) is 4.07. The second-order valence-corrected chi connectivity index (χ2v) is 5.23. The van der Waals surface area contributed by atoms with Crippen molar-refractivity contribution >= 4 is 11.8 Å². The third kappa shape index (κ3) is 2.56. The van der Waals surface area contributed by atoms with Crippen LogP contribution in [0, 0.1) is 5.92 Å². The number of nitrogens with one attached hydrogen (secondary N) is 1. The molecule has 1 heterocycles. The third-order valence-electron chi connectivity index (χ3n) is 3.33. The Morgan fingerprint density at radius 1 is 1.27 bits per heavy atom. The van der Waals surface area contributed by atoms with Gasteiger partial charge in [0.05, 0.1) is 0 Å². The monoisotopic (exact) mass is 221 g/mol. The number of thioether (sulfide) groups is 1. The first kappa shape index (κ1) is 11.0. The molecule has 2 atom stereocenters. The van der Waals surface area contributed by atoms with E-state index in [0.29, 0.717) is 0 Å². The van der Waals surface area contributed by atoms with Crippen LogP contribution in [0.4, 0.5) is 0 Å². The fourth-order valence-corrected chi connectivity index (χ4v) is 2.77. The minimum atomic E-state index is 0.752. The van der Waals surface area contributed by atoms with Crippen LogP contribution < -0.4 is 5.32 Å². The Bertz CT molecular complexity index is 307. The lowest BCUT2D eigenvalue weighted by Crippen LogP contribution is -2.33. The maximum Gasteiger partial charge on any atom is 0.00693 e. The van der Waals surface area contributed by atoms with Crippen molar-refractivity contribution in [3.8, 4) is 0 Å². The standard InChI is InChI=1S/C13H19NS/c1-10-9-14-8-7-13(10)11-3-5-12(15-2)6-4-11/h3-6,10,13-14H,7-9H2,1-2H3. The Labute approximate surface area is 96.7 Å². The summed E-state index contributed by atoms with van der Waals surface area (Å²) in [5.74, 6) is 1.51. The van der Waals surface area contributed by atoms with Gasteiger partial charge in [0.15, 0.2) is 0 Å². The summed E-state index contributed by atoms with van der Waals surface area (Å²) in [7, 11) is 0. The molecular weight excluding hydrogens is 202 g/mol. The van der Waals surface area contributed by atoms with Crippen LogP contribution in [0.3, 0.4) is 0 Å². The number of piperidine rings is 1. The van der Waals surface area contributed by atoms with Gasteiger partial charge in [-0.3, -0.25) is 0 Å². The molecule has 0 spiro atoms. The number of rotatable bonds is 2. The normalized spacial score (nSPS) is 26.5. The zero-order valence-electron chi connectivity index (χ0n) is 9.49. The minimum absolute atomic E-state index is 0.752. The van der Waals surface area contributed by atoms with E-state index in [1.807, 2.05) is 11.8 Å². The zero-order chi connectivity index (χ0) is 10.7. The fraction of sp³-hybridized carbons (Fsp3) is 0.538. The Morgan fingerprint density at radius 2 is 2.00 bits per heavy atom. The van der Waals surface area contributed by atoms with E-state index in [9.17, 15) is 0 Å². The van der Waals surface area contributed by atoms with Crippen LogP contribution in [0.25, 0.3) is 0 Å². The molecule has 0 aliphatic carbocycles. The van der Waals surface area contributed by atoms with Crippen LogP contribution in [0.5, 0.6) is 0 Å². The summed E-state index contributed by atoms with van der Waals surface area (Å²) in [5, 5.41) is 3.45. The highest BCUT2D eigenvalue weighted by Gasteiger charge is 2.22. The van der Waals surface area contributed by atoms with Crippen LogP contribution in [-0.2, 0) is 0 Å². The molecule has 2 rings (SSSR count). The van der Waals surface area contributed by atoms with Gasteiger partial charge in [-0.1, -0.05) is 19.1 Å². The number of hydrogen-bond acceptors (Lipinski definition) is 2. The molecule has 0 amide bonds. The highest BCUT2D eigenvalue weighted by atomic mass is 32.2. The van der Waals surface area contributed by atoms with E-state index in [1.165, 1.54) is 23.4 Å². The van der Waals surface area contributed by atoms with Crippen LogP contribution >= 0.6 is 11.8 Å². The molecule has 1 fully saturated rings. The van der Waals surface area contributed by atoms with Crippen molar-refractivity contribution in [2.45, 2.75) is 24.2 Å². The van der Waals surface area contributed by atoms with Gasteiger partial charge in [-0.05, 0) is 55.3 Å². The van der Waals surface area contributed by atoms with Gasteiger partial charge in [0, 0.05) is 4.90 Å². The lowest BCUT2D eigenvalue weighted by molar-refractivity contribution is 0.349. The summed E-state index contributed by atoms with van der Waals surface area (Å²) < 4.78 is 0. The van der Waals surface area contributed by atoms with Gasteiger partial charge in [0.25, 0.3) is 0 Å². The summed E-state index contributed by atoms with van der Waals surface area (Å²) in [6, 6.07) is 9.10. The van der Waals surface area contributed by atoms with E-state index in [0.717, 1.165) is 18.4 Å². The molecule has 1 aliphatic rings. The van der Waals surface area contributed by atoms with Crippen molar-refractivity contribution in [1.82, 2.24) is 5.32 Å². The Balaban J connectivity index is 2.13. The Kier molecular flexibility index (Phi) is 3.71. The summed E-state index contributed by atoms with van der Waals surface area (Å²) in [6.07, 6.45) is 3.40. The lowest BCUT2D eigenvalue weighted by Gasteiger charge is -2.29. The Hall–Kier alpha value is -0.470. The molecule has 1 saturated heterocycles. The van der Waals surface area contributed by atoms with E-state index < -0.39 is 0 Å². The van der Waals surface area contributed by atoms with Crippen LogP contribution in [0.2, 0.25) is 0 Å². The zero-order valence-corrected chi connectivity index (χ0v) is 10.3. The quantitative estimate of drug-likeness (QED) is 0.770. The van der Waals surface area contributed by atoms with Gasteiger partial charge in [-0.25, -0.2) is 0 Å². The summed E-state index contributed by atoms with van der Waals surface area (Å²) in [6.45, 7) is 4.67. The molecule has 15 heavy (non-hydrogen) atoms. The van der Waals surface area contributed by atoms with Gasteiger partial charge < -0.3 is 5.32 Å². The summed E-state index contributed by atoms with van der Waals surface area (Å²) >= 11 is 1.81. The smallest absolute Gasteiger partial charge is 0.00693 e. The Morgan fingerprint density at radius 3 is 2.60 bits per heavy atom. The maximum absolute atomic E-state index is 3.45. The number of benzene rings is 1. The van der Waals surface area contributed by atoms with Crippen LogP contribution in [-0.4, -0.2) is 19.3 Å². The van der Waals surface area contributed by atoms with Crippen molar-refractivity contribution in [2.75, 3.05) is 19.3 Å². The van der Waals surface area contributed by atoms with Gasteiger partial charge >= 0.3 is 0 Å². The van der Waals surface area contributed by atoms with Gasteiger partial charge in [0.1, 0.15) is 0 Å². The highest BCUT2D eigenvalue weighted by Crippen LogP contribution is 2.30. The first-order valence-electron chi connectivity index (χ1n) is 5.66. The minimum Gasteiger partial charge on any atom is -0.316 e. The van der Waals surface area contributed by atoms with E-state index in [1.54, 1.807) is 0 Å². The molecule has 0 saturated carbocycles. The van der Waals surface area contributed by atoms with Crippen LogP contribution in [0.1, 0.15) is 24.8 Å². The predicted molar refractivity (Wildman–Crippen MR) is 67.6 cm³/mol. The molecule has 1 nitrogen and oxygen atoms in total. The van der Waals surface area contributed by atoms with Crippen molar-refractivity contribution in [3.63, 3.8) is 0 Å². The molecule has 2 heteroatoms. The lowest BCUT2D eigenvalue weighted by atomic mass is 9.82. The topological polar surface area (TPSA) is 12.0 Å². The molecule has 1 aliphatic heterocycles. The van der Waals surface area contributed by atoms with Gasteiger partial charge in [0.2, 0.25) is 0 Å². The van der Waals surface area contributed by atoms with E-state index in [4.69, 9.17) is 0 Å². The highest BCUT2D eigenvalue weighted by molar-refractivity contribution is 7.98. The fourth-order valence-electron chi connectivity index (χ4n) is 2.36. The van der Waals surface area contributed by atoms with E-state index in [2.05, 4.69) is 42.8 Å². The first-order chi connectivity index (χ1) is 7.31. The largest absolute Gasteiger partial charge is 0.316 e. The number of hydrogen-bond donors (Lipinski definition) is 1. The SMILES string of the molecule is CSc1ccc(C2CCNCC2C)cc1. The van der Waals surface area contributed by atoms with Crippen molar-refractivity contribution in [1.29, 1.82) is 0 Å². The summed E-state index contributed by atoms with van der Waals surface area (Å²) in [4.78, 5) is 1.36. The molecule has 1 aromatic rings. The summed E-state index contributed by atoms with van der Waals surface area (Å²) in [5.41, 5.74) is 1.52. The molecule has 1 N–H and O–H groups in total. The second kappa shape index (κ2) is 5.04. The van der Waals surface area contributed by atoms with E-state index in [-0.39, 0.29) is 0 Å². The molecule has 0 radical (unpaired) electrons. The van der Waals surface area contributed by atoms with Crippen molar-refractivity contribution in [3.05, 3.63) is 29.8 Å². The maximum atomic E-state index is 3.45.